The summed E-state index contributed by atoms with van der Waals surface area (Å²) in [5, 5.41) is 13.7. The lowest BCUT2D eigenvalue weighted by molar-refractivity contribution is 0.186. The van der Waals surface area contributed by atoms with Gasteiger partial charge in [-0.2, -0.15) is 5.10 Å². The summed E-state index contributed by atoms with van der Waals surface area (Å²) >= 11 is 0. The smallest absolute Gasteiger partial charge is 0.0942 e. The van der Waals surface area contributed by atoms with Crippen LogP contribution in [-0.2, 0) is 0 Å². The fourth-order valence-corrected chi connectivity index (χ4v) is 1.37. The van der Waals surface area contributed by atoms with Crippen LogP contribution in [0.5, 0.6) is 0 Å². The Balaban J connectivity index is 2.28. The van der Waals surface area contributed by atoms with Crippen LogP contribution in [0.3, 0.4) is 0 Å². The van der Waals surface area contributed by atoms with Crippen molar-refractivity contribution in [3.63, 3.8) is 0 Å². The molecule has 0 radical (unpaired) electrons. The second kappa shape index (κ2) is 4.25. The van der Waals surface area contributed by atoms with E-state index in [1.807, 2.05) is 30.3 Å². The second-order valence-electron chi connectivity index (χ2n) is 3.31. The standard InChI is InChI=1S/C11H13N3O/c12-6-11(15)9-7-13-14(8-9)10-4-2-1-3-5-10/h1-5,7-8,11,15H,6,12H2/t11-/m1/s1. The monoisotopic (exact) mass is 203 g/mol. The highest BCUT2D eigenvalue weighted by atomic mass is 16.3. The van der Waals surface area contributed by atoms with E-state index < -0.39 is 6.10 Å². The molecule has 0 saturated heterocycles. The first-order valence-electron chi connectivity index (χ1n) is 4.79. The molecule has 1 heterocycles. The quantitative estimate of drug-likeness (QED) is 0.777. The molecule has 0 bridgehead atoms. The van der Waals surface area contributed by atoms with E-state index in [2.05, 4.69) is 5.10 Å². The zero-order valence-corrected chi connectivity index (χ0v) is 8.24. The van der Waals surface area contributed by atoms with E-state index in [0.717, 1.165) is 11.3 Å². The Hall–Kier alpha value is -1.65. The van der Waals surface area contributed by atoms with Crippen LogP contribution >= 0.6 is 0 Å². The number of rotatable bonds is 3. The first-order valence-corrected chi connectivity index (χ1v) is 4.79. The molecule has 0 aliphatic carbocycles. The zero-order valence-electron chi connectivity index (χ0n) is 8.24. The van der Waals surface area contributed by atoms with Crippen LogP contribution in [0.1, 0.15) is 11.7 Å². The molecule has 2 aromatic rings. The summed E-state index contributed by atoms with van der Waals surface area (Å²) in [5.74, 6) is 0. The molecule has 15 heavy (non-hydrogen) atoms. The minimum absolute atomic E-state index is 0.209. The Bertz CT molecular complexity index is 424. The number of aliphatic hydroxyl groups excluding tert-OH is 1. The van der Waals surface area contributed by atoms with Gasteiger partial charge in [0.05, 0.1) is 18.0 Å². The van der Waals surface area contributed by atoms with Crippen molar-refractivity contribution in [3.05, 3.63) is 48.3 Å². The number of aliphatic hydroxyl groups is 1. The largest absolute Gasteiger partial charge is 0.387 e. The van der Waals surface area contributed by atoms with Crippen LogP contribution in [0.2, 0.25) is 0 Å². The average Bonchev–Trinajstić information content (AvgIpc) is 2.78. The van der Waals surface area contributed by atoms with Crippen molar-refractivity contribution in [2.75, 3.05) is 6.54 Å². The van der Waals surface area contributed by atoms with E-state index in [1.165, 1.54) is 0 Å². The van der Waals surface area contributed by atoms with Gasteiger partial charge in [0, 0.05) is 18.3 Å². The molecule has 0 aliphatic heterocycles. The Labute approximate surface area is 88.0 Å². The molecule has 0 spiro atoms. The van der Waals surface area contributed by atoms with E-state index in [-0.39, 0.29) is 6.54 Å². The molecule has 0 amide bonds. The van der Waals surface area contributed by atoms with Crippen molar-refractivity contribution in [1.29, 1.82) is 0 Å². The van der Waals surface area contributed by atoms with Gasteiger partial charge in [0.2, 0.25) is 0 Å². The average molecular weight is 203 g/mol. The summed E-state index contributed by atoms with van der Waals surface area (Å²) in [6.07, 6.45) is 2.78. The molecule has 0 fully saturated rings. The van der Waals surface area contributed by atoms with Gasteiger partial charge in [-0.25, -0.2) is 4.68 Å². The van der Waals surface area contributed by atoms with E-state index in [4.69, 9.17) is 5.73 Å². The van der Waals surface area contributed by atoms with Gasteiger partial charge in [-0.15, -0.1) is 0 Å². The highest BCUT2D eigenvalue weighted by Gasteiger charge is 2.07. The van der Waals surface area contributed by atoms with Gasteiger partial charge in [0.25, 0.3) is 0 Å². The molecule has 0 unspecified atom stereocenters. The second-order valence-corrected chi connectivity index (χ2v) is 3.31. The Morgan fingerprint density at radius 1 is 1.33 bits per heavy atom. The normalized spacial score (nSPS) is 12.7. The number of hydrogen-bond acceptors (Lipinski definition) is 3. The number of aromatic nitrogens is 2. The van der Waals surface area contributed by atoms with Gasteiger partial charge in [-0.1, -0.05) is 18.2 Å². The van der Waals surface area contributed by atoms with E-state index in [9.17, 15) is 5.11 Å². The summed E-state index contributed by atoms with van der Waals surface area (Å²) in [6.45, 7) is 0.209. The fraction of sp³-hybridized carbons (Fsp3) is 0.182. The number of para-hydroxylation sites is 1. The van der Waals surface area contributed by atoms with Crippen LogP contribution in [0.4, 0.5) is 0 Å². The summed E-state index contributed by atoms with van der Waals surface area (Å²) in [6, 6.07) is 9.73. The fourth-order valence-electron chi connectivity index (χ4n) is 1.37. The maximum Gasteiger partial charge on any atom is 0.0942 e. The highest BCUT2D eigenvalue weighted by Crippen LogP contribution is 2.13. The lowest BCUT2D eigenvalue weighted by atomic mass is 10.2. The van der Waals surface area contributed by atoms with E-state index in [1.54, 1.807) is 17.1 Å². The maximum atomic E-state index is 9.51. The molecule has 0 aliphatic rings. The van der Waals surface area contributed by atoms with Gasteiger partial charge in [0.1, 0.15) is 0 Å². The molecule has 4 nitrogen and oxygen atoms in total. The van der Waals surface area contributed by atoms with E-state index >= 15 is 0 Å². The molecule has 4 heteroatoms. The third kappa shape index (κ3) is 2.06. The number of nitrogens with zero attached hydrogens (tertiary/aromatic N) is 2. The number of hydrogen-bond donors (Lipinski definition) is 2. The van der Waals surface area contributed by atoms with Crippen molar-refractivity contribution in [2.45, 2.75) is 6.10 Å². The van der Waals surface area contributed by atoms with Gasteiger partial charge < -0.3 is 10.8 Å². The van der Waals surface area contributed by atoms with Crippen LogP contribution in [0.15, 0.2) is 42.7 Å². The van der Waals surface area contributed by atoms with Crippen molar-refractivity contribution < 1.29 is 5.11 Å². The Kier molecular flexibility index (Phi) is 2.80. The molecule has 3 N–H and O–H groups in total. The summed E-state index contributed by atoms with van der Waals surface area (Å²) in [5.41, 5.74) is 7.07. The van der Waals surface area contributed by atoms with Crippen LogP contribution in [0, 0.1) is 0 Å². The predicted molar refractivity (Wildman–Crippen MR) is 57.6 cm³/mol. The van der Waals surface area contributed by atoms with Crippen molar-refractivity contribution >= 4 is 0 Å². The minimum Gasteiger partial charge on any atom is -0.387 e. The zero-order chi connectivity index (χ0) is 10.7. The number of nitrogens with two attached hydrogens (primary N) is 1. The number of benzene rings is 1. The summed E-state index contributed by atoms with van der Waals surface area (Å²) < 4.78 is 1.72. The lowest BCUT2D eigenvalue weighted by Crippen LogP contribution is -2.10. The molecular formula is C11H13N3O. The third-order valence-electron chi connectivity index (χ3n) is 2.23. The van der Waals surface area contributed by atoms with Gasteiger partial charge in [0.15, 0.2) is 0 Å². The Morgan fingerprint density at radius 3 is 2.73 bits per heavy atom. The molecule has 78 valence electrons. The first kappa shape index (κ1) is 9.89. The highest BCUT2D eigenvalue weighted by molar-refractivity contribution is 5.31. The third-order valence-corrected chi connectivity index (χ3v) is 2.23. The lowest BCUT2D eigenvalue weighted by Gasteiger charge is -2.03. The molecule has 0 saturated carbocycles. The molecular weight excluding hydrogens is 190 g/mol. The Morgan fingerprint density at radius 2 is 2.07 bits per heavy atom. The molecule has 1 aromatic heterocycles. The first-order chi connectivity index (χ1) is 7.31. The van der Waals surface area contributed by atoms with Crippen molar-refractivity contribution in [1.82, 2.24) is 9.78 Å². The molecule has 2 rings (SSSR count). The van der Waals surface area contributed by atoms with Gasteiger partial charge >= 0.3 is 0 Å². The van der Waals surface area contributed by atoms with Crippen molar-refractivity contribution in [2.24, 2.45) is 5.73 Å². The van der Waals surface area contributed by atoms with Gasteiger partial charge in [-0.3, -0.25) is 0 Å². The van der Waals surface area contributed by atoms with E-state index in [0.29, 0.717) is 0 Å². The predicted octanol–water partition coefficient (Wildman–Crippen LogP) is 0.864. The molecule has 1 aromatic carbocycles. The van der Waals surface area contributed by atoms with Gasteiger partial charge in [-0.05, 0) is 12.1 Å². The maximum absolute atomic E-state index is 9.51. The SMILES string of the molecule is NC[C@@H](O)c1cnn(-c2ccccc2)c1. The van der Waals surface area contributed by atoms with Crippen LogP contribution in [-0.4, -0.2) is 21.4 Å². The minimum atomic E-state index is -0.637. The van der Waals surface area contributed by atoms with Crippen LogP contribution in [0.25, 0.3) is 5.69 Å². The van der Waals surface area contributed by atoms with Crippen molar-refractivity contribution in [3.8, 4) is 5.69 Å². The summed E-state index contributed by atoms with van der Waals surface area (Å²) in [7, 11) is 0. The topological polar surface area (TPSA) is 64.1 Å². The molecule has 1 atom stereocenters. The van der Waals surface area contributed by atoms with Crippen LogP contribution < -0.4 is 5.73 Å². The summed E-state index contributed by atoms with van der Waals surface area (Å²) in [4.78, 5) is 0.